The zero-order chi connectivity index (χ0) is 59.5. The maximum absolute atomic E-state index is 13.6. The first-order chi connectivity index (χ1) is 38.2. The maximum Gasteiger partial charge on any atom is 0.323 e. The van der Waals surface area contributed by atoms with Crippen molar-refractivity contribution in [2.24, 2.45) is 24.9 Å². The van der Waals surface area contributed by atoms with Crippen molar-refractivity contribution in [1.29, 1.82) is 0 Å². The van der Waals surface area contributed by atoms with Gasteiger partial charge in [-0.3, -0.25) is 47.3 Å². The fraction of sp³-hybridized carbons (Fsp3) is 0.321. The summed E-state index contributed by atoms with van der Waals surface area (Å²) < 4.78 is 5.32. The van der Waals surface area contributed by atoms with Gasteiger partial charge in [-0.05, 0) is 66.7 Å². The molecule has 81 heavy (non-hydrogen) atoms. The number of aliphatic hydroxyl groups is 2. The van der Waals surface area contributed by atoms with Crippen LogP contribution in [0.2, 0.25) is 10.0 Å². The number of hydrogen-bond donors (Lipinski definition) is 8. The molecule has 0 fully saturated rings. The van der Waals surface area contributed by atoms with E-state index in [2.05, 4.69) is 36.1 Å². The van der Waals surface area contributed by atoms with E-state index >= 15 is 0 Å². The van der Waals surface area contributed by atoms with Crippen LogP contribution in [0.5, 0.6) is 0 Å². The number of aryl methyl sites for hydroxylation is 2. The topological polar surface area (TPSA) is 326 Å². The quantitative estimate of drug-likeness (QED) is 0.0577. The molecule has 6 heterocycles. The molecule has 0 radical (unpaired) electrons. The number of carboxylic acids is 1. The molecule has 0 spiro atoms. The normalized spacial score (nSPS) is 11.4. The minimum absolute atomic E-state index is 0.0365. The predicted molar refractivity (Wildman–Crippen MR) is 311 cm³/mol. The van der Waals surface area contributed by atoms with E-state index in [0.717, 1.165) is 22.2 Å². The number of pyridine rings is 4. The van der Waals surface area contributed by atoms with Crippen LogP contribution in [0.1, 0.15) is 59.5 Å². The molecule has 10 N–H and O–H groups in total. The average molecular weight is 1150 g/mol. The summed E-state index contributed by atoms with van der Waals surface area (Å²) in [6.07, 6.45) is 6.76. The van der Waals surface area contributed by atoms with Crippen LogP contribution in [0.15, 0.2) is 107 Å². The summed E-state index contributed by atoms with van der Waals surface area (Å²) in [7, 11) is 7.01. The van der Waals surface area contributed by atoms with E-state index in [9.17, 15) is 39.0 Å². The summed E-state index contributed by atoms with van der Waals surface area (Å²) >= 11 is 11.8. The van der Waals surface area contributed by atoms with Crippen molar-refractivity contribution < 1.29 is 34.5 Å². The van der Waals surface area contributed by atoms with Gasteiger partial charge >= 0.3 is 5.97 Å². The van der Waals surface area contributed by atoms with E-state index < -0.39 is 40.9 Å². The van der Waals surface area contributed by atoms with Crippen LogP contribution in [0, 0.1) is 10.8 Å². The van der Waals surface area contributed by atoms with Gasteiger partial charge in [-0.25, -0.2) is 9.97 Å². The van der Waals surface area contributed by atoms with Crippen LogP contribution in [0.25, 0.3) is 44.3 Å². The number of nitrogen functional groups attached to an aromatic ring is 2. The number of rotatable bonds is 18. The number of halogens is 2. The fourth-order valence-electron chi connectivity index (χ4n) is 8.30. The van der Waals surface area contributed by atoms with E-state index in [0.29, 0.717) is 43.1 Å². The van der Waals surface area contributed by atoms with E-state index in [-0.39, 0.29) is 84.8 Å². The van der Waals surface area contributed by atoms with Crippen LogP contribution in [-0.4, -0.2) is 123 Å². The number of aliphatic hydroxyl groups excluding tert-OH is 2. The van der Waals surface area contributed by atoms with Crippen LogP contribution in [0.3, 0.4) is 0 Å². The van der Waals surface area contributed by atoms with E-state index in [1.54, 1.807) is 116 Å². The van der Waals surface area contributed by atoms with Crippen LogP contribution in [0.4, 0.5) is 11.6 Å². The monoisotopic (exact) mass is 1150 g/mol. The average Bonchev–Trinajstić information content (AvgIpc) is 4.23. The standard InChI is InChI=1S/C28H32ClN7O4.C22H19ClN6O4.C6H15NO/c1-28(2,16-37)15-34(3)23(38)14-36-25-18(9-21(24(30)33-25)19-12-32-35(4)13-19)10-22(27(36)40)26(39)31-11-17-5-7-20(29)8-6-17;1-28-10-14(9-26-28)16-6-13-7-17(21(32)25-8-12-2-4-15(23)5-3-12)22(33)29(11-18(30)31)20(13)27-19(16)24;1-6(2,5-8)4-7-3/h5-10,12-13,37H,11,14-16H2,1-4H3,(H2,30,33)(H,31,39);2-7,9-10H,8,11H2,1H3,(H2,24,27)(H,25,32)(H,30,31);7-8H,4-5H2,1-3H3. The number of fused-ring (bicyclic) bond motifs is 2. The number of nitrogens with one attached hydrogen (secondary N) is 3. The Bertz CT molecular complexity index is 3700. The number of nitrogens with two attached hydrogens (primary N) is 2. The number of carbonyl (C=O) groups is 4. The second kappa shape index (κ2) is 26.7. The highest BCUT2D eigenvalue weighted by Gasteiger charge is 2.26. The molecule has 0 saturated heterocycles. The summed E-state index contributed by atoms with van der Waals surface area (Å²) in [6, 6.07) is 20.1. The number of nitrogens with zero attached hydrogens (tertiary/aromatic N) is 9. The lowest BCUT2D eigenvalue weighted by atomic mass is 9.94. The largest absolute Gasteiger partial charge is 0.480 e. The summed E-state index contributed by atoms with van der Waals surface area (Å²) in [4.78, 5) is 87.5. The number of aromatic nitrogens is 8. The van der Waals surface area contributed by atoms with Crippen molar-refractivity contribution in [1.82, 2.24) is 59.5 Å². The lowest BCUT2D eigenvalue weighted by molar-refractivity contribution is -0.137. The summed E-state index contributed by atoms with van der Waals surface area (Å²) in [5.74, 6) is -2.63. The molecule has 0 aliphatic heterocycles. The first-order valence-electron chi connectivity index (χ1n) is 25.3. The number of carbonyl (C=O) groups excluding carboxylic acids is 3. The van der Waals surface area contributed by atoms with Crippen molar-refractivity contribution in [2.75, 3.05) is 51.9 Å². The molecule has 8 aromatic rings. The molecule has 0 atom stereocenters. The van der Waals surface area contributed by atoms with Crippen LogP contribution in [-0.2, 0) is 49.9 Å². The van der Waals surface area contributed by atoms with Gasteiger partial charge < -0.3 is 47.6 Å². The van der Waals surface area contributed by atoms with Gasteiger partial charge in [0.15, 0.2) is 0 Å². The van der Waals surface area contributed by atoms with Crippen molar-refractivity contribution in [2.45, 2.75) is 53.9 Å². The molecule has 8 rings (SSSR count). The zero-order valence-electron chi connectivity index (χ0n) is 46.1. The minimum Gasteiger partial charge on any atom is -0.480 e. The third-order valence-electron chi connectivity index (χ3n) is 12.6. The molecule has 2 aromatic carbocycles. The summed E-state index contributed by atoms with van der Waals surface area (Å²) in [5, 5.41) is 46.3. The highest BCUT2D eigenvalue weighted by molar-refractivity contribution is 6.30. The molecule has 6 aromatic heterocycles. The highest BCUT2D eigenvalue weighted by atomic mass is 35.5. The number of hydrogen-bond acceptors (Lipinski definition) is 15. The number of likely N-dealkylation sites (N-methyl/N-ethyl adjacent to an activating group) is 1. The smallest absolute Gasteiger partial charge is 0.323 e. The van der Waals surface area contributed by atoms with Crippen molar-refractivity contribution >= 4 is 80.6 Å². The zero-order valence-corrected chi connectivity index (χ0v) is 47.6. The second-order valence-electron chi connectivity index (χ2n) is 20.8. The molecule has 0 bridgehead atoms. The third-order valence-corrected chi connectivity index (χ3v) is 13.1. The summed E-state index contributed by atoms with van der Waals surface area (Å²) in [5.41, 5.74) is 14.4. The third kappa shape index (κ3) is 16.1. The number of anilines is 2. The number of aliphatic carboxylic acids is 1. The number of benzene rings is 2. The van der Waals surface area contributed by atoms with Gasteiger partial charge in [-0.1, -0.05) is 75.2 Å². The van der Waals surface area contributed by atoms with Gasteiger partial charge in [0.1, 0.15) is 47.1 Å². The van der Waals surface area contributed by atoms with Gasteiger partial charge in [-0.15, -0.1) is 0 Å². The Morgan fingerprint density at radius 2 is 1.06 bits per heavy atom. The Morgan fingerprint density at radius 1 is 0.654 bits per heavy atom. The molecule has 25 heteroatoms. The molecule has 0 aliphatic carbocycles. The molecule has 0 unspecified atom stereocenters. The van der Waals surface area contributed by atoms with E-state index in [1.807, 2.05) is 34.7 Å². The number of carboxylic acid groups (broad SMARTS) is 1. The Kier molecular flexibility index (Phi) is 20.3. The second-order valence-corrected chi connectivity index (χ2v) is 21.7. The van der Waals surface area contributed by atoms with Gasteiger partial charge in [0, 0.05) is 127 Å². The maximum atomic E-state index is 13.6. The molecule has 428 valence electrons. The molecular formula is C56H66Cl2N14O9. The molecule has 0 saturated carbocycles. The van der Waals surface area contributed by atoms with Gasteiger partial charge in [0.25, 0.3) is 22.9 Å². The molecular weight excluding hydrogens is 1080 g/mol. The Hall–Kier alpha value is -8.48. The van der Waals surface area contributed by atoms with Crippen molar-refractivity contribution in [3.05, 3.63) is 151 Å². The lowest BCUT2D eigenvalue weighted by Gasteiger charge is -2.28. The van der Waals surface area contributed by atoms with Crippen molar-refractivity contribution in [3.63, 3.8) is 0 Å². The SMILES string of the molecule is CN(CC(C)(C)CO)C(=O)Cn1c(=O)c(C(=O)NCc2ccc(Cl)cc2)cc2cc(-c3cnn(C)c3)c(N)nc21.CNCC(C)(C)CO.Cn1cc(-c2cc3cc(C(=O)NCc4ccc(Cl)cc4)c(=O)n(CC(=O)O)c3nc2N)cn1. The molecule has 23 nitrogen and oxygen atoms in total. The van der Waals surface area contributed by atoms with Crippen molar-refractivity contribution in [3.8, 4) is 22.3 Å². The van der Waals surface area contributed by atoms with Crippen LogP contribution >= 0.6 is 23.2 Å². The lowest BCUT2D eigenvalue weighted by Crippen LogP contribution is -2.41. The van der Waals surface area contributed by atoms with Gasteiger partial charge in [0.05, 0.1) is 12.4 Å². The Balaban J connectivity index is 0.000000233. The van der Waals surface area contributed by atoms with E-state index in [4.69, 9.17) is 39.8 Å². The number of amides is 3. The Morgan fingerprint density at radius 3 is 1.41 bits per heavy atom. The van der Waals surface area contributed by atoms with Gasteiger partial charge in [0.2, 0.25) is 5.91 Å². The predicted octanol–water partition coefficient (Wildman–Crippen LogP) is 4.71. The van der Waals surface area contributed by atoms with Crippen LogP contribution < -0.4 is 38.5 Å². The summed E-state index contributed by atoms with van der Waals surface area (Å²) in [6.45, 7) is 8.22. The minimum atomic E-state index is -1.26. The first-order valence-corrected chi connectivity index (χ1v) is 26.0. The Labute approximate surface area is 476 Å². The fourth-order valence-corrected chi connectivity index (χ4v) is 8.55. The molecule has 0 aliphatic rings. The van der Waals surface area contributed by atoms with Gasteiger partial charge in [-0.2, -0.15) is 10.2 Å². The first kappa shape index (κ1) is 61.7. The highest BCUT2D eigenvalue weighted by Crippen LogP contribution is 2.30. The molecule has 3 amide bonds. The van der Waals surface area contributed by atoms with E-state index in [1.165, 1.54) is 21.6 Å².